The molecule has 3 rings (SSSR count). The molecule has 2 aromatic heterocycles. The molecule has 3 heterocycles. The average molecular weight is 369 g/mol. The molecule has 0 saturated carbocycles. The van der Waals surface area contributed by atoms with Crippen LogP contribution >= 0.6 is 11.6 Å². The van der Waals surface area contributed by atoms with E-state index < -0.39 is 11.9 Å². The van der Waals surface area contributed by atoms with E-state index in [0.717, 1.165) is 12.8 Å². The first-order valence-corrected chi connectivity index (χ1v) is 8.72. The monoisotopic (exact) mass is 368 g/mol. The van der Waals surface area contributed by atoms with Crippen LogP contribution in [-0.4, -0.2) is 71.5 Å². The van der Waals surface area contributed by atoms with Gasteiger partial charge in [0.2, 0.25) is 5.95 Å². The molecule has 2 aromatic rings. The molecule has 1 aliphatic rings. The number of nitrogens with zero attached hydrogens (tertiary/aromatic N) is 4. The number of halogens is 2. The zero-order chi connectivity index (χ0) is 18.0. The van der Waals surface area contributed by atoms with Crippen molar-refractivity contribution in [3.8, 4) is 0 Å². The van der Waals surface area contributed by atoms with E-state index in [4.69, 9.17) is 16.3 Å². The molecule has 0 unspecified atom stereocenters. The van der Waals surface area contributed by atoms with Crippen LogP contribution in [0.3, 0.4) is 0 Å². The first kappa shape index (κ1) is 18.1. The number of hydrogen-bond donors (Lipinski definition) is 0. The summed E-state index contributed by atoms with van der Waals surface area (Å²) in [6.45, 7) is 2.32. The van der Waals surface area contributed by atoms with E-state index in [1.807, 2.05) is 19.0 Å². The quantitative estimate of drug-likeness (QED) is 0.785. The van der Waals surface area contributed by atoms with Gasteiger partial charge in [0.25, 0.3) is 5.91 Å². The van der Waals surface area contributed by atoms with Crippen LogP contribution in [0.1, 0.15) is 23.3 Å². The van der Waals surface area contributed by atoms with Gasteiger partial charge in [0.15, 0.2) is 5.69 Å². The predicted molar refractivity (Wildman–Crippen MR) is 93.6 cm³/mol. The van der Waals surface area contributed by atoms with Crippen molar-refractivity contribution in [2.45, 2.75) is 18.9 Å². The Morgan fingerprint density at radius 2 is 2.24 bits per heavy atom. The van der Waals surface area contributed by atoms with Gasteiger partial charge in [0.1, 0.15) is 5.65 Å². The molecule has 0 radical (unpaired) electrons. The smallest absolute Gasteiger partial charge is 0.277 e. The Balaban J connectivity index is 1.86. The molecule has 0 bridgehead atoms. The largest absolute Gasteiger partial charge is 0.376 e. The molecule has 136 valence electrons. The molecule has 8 heteroatoms. The second-order valence-corrected chi connectivity index (χ2v) is 6.95. The summed E-state index contributed by atoms with van der Waals surface area (Å²) in [4.78, 5) is 20.7. The number of carbonyl (C=O) groups is 1. The van der Waals surface area contributed by atoms with Crippen molar-refractivity contribution in [3.05, 3.63) is 35.0 Å². The fraction of sp³-hybridized carbons (Fsp3) is 0.529. The first-order valence-electron chi connectivity index (χ1n) is 8.34. The van der Waals surface area contributed by atoms with Crippen LogP contribution in [0.5, 0.6) is 0 Å². The molecule has 1 aliphatic heterocycles. The van der Waals surface area contributed by atoms with Gasteiger partial charge in [0, 0.05) is 32.4 Å². The minimum absolute atomic E-state index is 0.000601. The van der Waals surface area contributed by atoms with Crippen molar-refractivity contribution < 1.29 is 13.9 Å². The van der Waals surface area contributed by atoms with Gasteiger partial charge < -0.3 is 14.5 Å². The minimum atomic E-state index is -0.690. The average Bonchev–Trinajstić information content (AvgIpc) is 3.19. The standard InChI is InChI=1S/C17H22ClFN4O2/c1-21(2)7-8-22(11-13-4-3-9-25-13)17(24)15-16(19)23-10-12(18)5-6-14(23)20-15/h5-6,10,13H,3-4,7-9,11H2,1-2H3/t13-/m0/s1. The minimum Gasteiger partial charge on any atom is -0.376 e. The molecule has 6 nitrogen and oxygen atoms in total. The molecular formula is C17H22ClFN4O2. The number of aromatic nitrogens is 2. The summed E-state index contributed by atoms with van der Waals surface area (Å²) in [5, 5.41) is 0.381. The lowest BCUT2D eigenvalue weighted by molar-refractivity contribution is 0.0504. The zero-order valence-electron chi connectivity index (χ0n) is 14.4. The van der Waals surface area contributed by atoms with E-state index in [9.17, 15) is 9.18 Å². The molecule has 0 N–H and O–H groups in total. The van der Waals surface area contributed by atoms with Crippen molar-refractivity contribution in [1.82, 2.24) is 19.2 Å². The topological polar surface area (TPSA) is 50.1 Å². The van der Waals surface area contributed by atoms with Crippen LogP contribution in [0.4, 0.5) is 4.39 Å². The van der Waals surface area contributed by atoms with Crippen molar-refractivity contribution in [2.75, 3.05) is 40.3 Å². The Hall–Kier alpha value is -1.70. The number of rotatable bonds is 6. The highest BCUT2D eigenvalue weighted by molar-refractivity contribution is 6.30. The summed E-state index contributed by atoms with van der Waals surface area (Å²) in [6, 6.07) is 3.21. The fourth-order valence-corrected chi connectivity index (χ4v) is 3.07. The van der Waals surface area contributed by atoms with Gasteiger partial charge in [-0.25, -0.2) is 4.98 Å². The number of likely N-dealkylation sites (N-methyl/N-ethyl adjacent to an activating group) is 1. The van der Waals surface area contributed by atoms with Crippen molar-refractivity contribution in [3.63, 3.8) is 0 Å². The third-order valence-corrected chi connectivity index (χ3v) is 4.50. The summed E-state index contributed by atoms with van der Waals surface area (Å²) in [7, 11) is 3.87. The summed E-state index contributed by atoms with van der Waals surface area (Å²) in [5.41, 5.74) is 0.175. The second kappa shape index (κ2) is 7.68. The van der Waals surface area contributed by atoms with E-state index in [-0.39, 0.29) is 11.8 Å². The lowest BCUT2D eigenvalue weighted by Gasteiger charge is -2.26. The maximum atomic E-state index is 14.7. The van der Waals surface area contributed by atoms with Crippen molar-refractivity contribution in [2.24, 2.45) is 0 Å². The number of carbonyl (C=O) groups excluding carboxylic acids is 1. The summed E-state index contributed by atoms with van der Waals surface area (Å²) in [5.74, 6) is -1.11. The Bertz CT molecular complexity index is 758. The number of hydrogen-bond acceptors (Lipinski definition) is 4. The van der Waals surface area contributed by atoms with Crippen molar-refractivity contribution in [1.29, 1.82) is 0 Å². The van der Waals surface area contributed by atoms with E-state index in [1.54, 1.807) is 17.0 Å². The van der Waals surface area contributed by atoms with Gasteiger partial charge in [0.05, 0.1) is 11.1 Å². The highest BCUT2D eigenvalue weighted by Crippen LogP contribution is 2.19. The summed E-state index contributed by atoms with van der Waals surface area (Å²) >= 11 is 5.91. The maximum Gasteiger partial charge on any atom is 0.277 e. The lowest BCUT2D eigenvalue weighted by atomic mass is 10.2. The normalized spacial score (nSPS) is 17.6. The molecule has 1 fully saturated rings. The first-order chi connectivity index (χ1) is 12.0. The van der Waals surface area contributed by atoms with E-state index in [1.165, 1.54) is 10.6 Å². The molecule has 1 saturated heterocycles. The van der Waals surface area contributed by atoms with Crippen LogP contribution in [0.2, 0.25) is 5.02 Å². The highest BCUT2D eigenvalue weighted by Gasteiger charge is 2.28. The third-order valence-electron chi connectivity index (χ3n) is 4.28. The number of fused-ring (bicyclic) bond motifs is 1. The van der Waals surface area contributed by atoms with Gasteiger partial charge >= 0.3 is 0 Å². The van der Waals surface area contributed by atoms with Crippen LogP contribution in [0, 0.1) is 5.95 Å². The predicted octanol–water partition coefficient (Wildman–Crippen LogP) is 2.31. The van der Waals surface area contributed by atoms with Crippen LogP contribution in [-0.2, 0) is 4.74 Å². The Labute approximate surface area is 151 Å². The summed E-state index contributed by atoms with van der Waals surface area (Å²) in [6.07, 6.45) is 3.32. The van der Waals surface area contributed by atoms with E-state index in [2.05, 4.69) is 4.98 Å². The van der Waals surface area contributed by atoms with Crippen LogP contribution in [0.15, 0.2) is 18.3 Å². The number of pyridine rings is 1. The van der Waals surface area contributed by atoms with Crippen LogP contribution < -0.4 is 0 Å². The zero-order valence-corrected chi connectivity index (χ0v) is 15.2. The fourth-order valence-electron chi connectivity index (χ4n) is 2.91. The van der Waals surface area contributed by atoms with Gasteiger partial charge in [-0.2, -0.15) is 4.39 Å². The SMILES string of the molecule is CN(C)CCN(C[C@@H]1CCCO1)C(=O)c1nc2ccc(Cl)cn2c1F. The van der Waals surface area contributed by atoms with Crippen LogP contribution in [0.25, 0.3) is 5.65 Å². The lowest BCUT2D eigenvalue weighted by Crippen LogP contribution is -2.41. The maximum absolute atomic E-state index is 14.7. The number of amides is 1. The van der Waals surface area contributed by atoms with Gasteiger partial charge in [-0.3, -0.25) is 9.20 Å². The highest BCUT2D eigenvalue weighted by atomic mass is 35.5. The molecule has 1 amide bonds. The molecule has 0 aromatic carbocycles. The Kier molecular flexibility index (Phi) is 5.56. The van der Waals surface area contributed by atoms with E-state index in [0.29, 0.717) is 36.9 Å². The molecule has 25 heavy (non-hydrogen) atoms. The molecular weight excluding hydrogens is 347 g/mol. The van der Waals surface area contributed by atoms with Gasteiger partial charge in [-0.1, -0.05) is 11.6 Å². The number of ether oxygens (including phenoxy) is 1. The second-order valence-electron chi connectivity index (χ2n) is 6.52. The molecule has 1 atom stereocenters. The third kappa shape index (κ3) is 4.11. The van der Waals surface area contributed by atoms with Gasteiger partial charge in [-0.05, 0) is 39.1 Å². The van der Waals surface area contributed by atoms with E-state index >= 15 is 0 Å². The summed E-state index contributed by atoms with van der Waals surface area (Å²) < 4.78 is 21.5. The number of imidazole rings is 1. The van der Waals surface area contributed by atoms with Crippen molar-refractivity contribution >= 4 is 23.2 Å². The molecule has 0 spiro atoms. The Morgan fingerprint density at radius 1 is 1.44 bits per heavy atom. The van der Waals surface area contributed by atoms with Gasteiger partial charge in [-0.15, -0.1) is 0 Å². The Morgan fingerprint density at radius 3 is 2.92 bits per heavy atom. The molecule has 0 aliphatic carbocycles.